The highest BCUT2D eigenvalue weighted by Crippen LogP contribution is 2.13. The van der Waals surface area contributed by atoms with E-state index in [4.69, 9.17) is 0 Å². The van der Waals surface area contributed by atoms with E-state index in [9.17, 15) is 10.2 Å². The molecule has 0 saturated heterocycles. The van der Waals surface area contributed by atoms with Gasteiger partial charge in [0.05, 0.1) is 12.2 Å². The number of aliphatic hydroxyl groups excluding tert-OH is 2. The molecule has 2 N–H and O–H groups in total. The minimum Gasteiger partial charge on any atom is -0.390 e. The number of aliphatic hydroxyl groups is 2. The first-order valence-corrected chi connectivity index (χ1v) is 7.58. The van der Waals surface area contributed by atoms with E-state index in [0.717, 1.165) is 25.7 Å². The SMILES string of the molecule is CCCCCCCC(O)C(O)CCCCCC. The lowest BCUT2D eigenvalue weighted by molar-refractivity contribution is 0.00714. The van der Waals surface area contributed by atoms with Crippen LogP contribution in [0.15, 0.2) is 0 Å². The van der Waals surface area contributed by atoms with Crippen LogP contribution in [0.25, 0.3) is 0 Å². The van der Waals surface area contributed by atoms with Crippen LogP contribution >= 0.6 is 0 Å². The summed E-state index contributed by atoms with van der Waals surface area (Å²) in [4.78, 5) is 0. The molecule has 0 aliphatic carbocycles. The Morgan fingerprint density at radius 2 is 0.941 bits per heavy atom. The van der Waals surface area contributed by atoms with Crippen LogP contribution < -0.4 is 0 Å². The second-order valence-corrected chi connectivity index (χ2v) is 5.19. The predicted molar refractivity (Wildman–Crippen MR) is 74.1 cm³/mol. The lowest BCUT2D eigenvalue weighted by atomic mass is 10.0. The van der Waals surface area contributed by atoms with E-state index in [0.29, 0.717) is 0 Å². The zero-order chi connectivity index (χ0) is 12.9. The van der Waals surface area contributed by atoms with Gasteiger partial charge in [0.2, 0.25) is 0 Å². The van der Waals surface area contributed by atoms with Crippen molar-refractivity contribution in [3.05, 3.63) is 0 Å². The Hall–Kier alpha value is -0.0800. The summed E-state index contributed by atoms with van der Waals surface area (Å²) >= 11 is 0. The Balaban J connectivity index is 3.36. The van der Waals surface area contributed by atoms with E-state index in [1.165, 1.54) is 44.9 Å². The molecule has 2 heteroatoms. The molecule has 0 rings (SSSR count). The van der Waals surface area contributed by atoms with Gasteiger partial charge in [-0.3, -0.25) is 0 Å². The third kappa shape index (κ3) is 10.8. The molecule has 17 heavy (non-hydrogen) atoms. The molecule has 0 bridgehead atoms. The Labute approximate surface area is 107 Å². The molecule has 104 valence electrons. The van der Waals surface area contributed by atoms with Crippen molar-refractivity contribution >= 4 is 0 Å². The van der Waals surface area contributed by atoms with E-state index < -0.39 is 12.2 Å². The lowest BCUT2D eigenvalue weighted by Crippen LogP contribution is -2.25. The van der Waals surface area contributed by atoms with Gasteiger partial charge in [-0.05, 0) is 12.8 Å². The van der Waals surface area contributed by atoms with Crippen LogP contribution in [-0.4, -0.2) is 22.4 Å². The molecule has 0 aromatic rings. The minimum atomic E-state index is -0.502. The van der Waals surface area contributed by atoms with E-state index in [1.54, 1.807) is 0 Å². The maximum absolute atomic E-state index is 9.78. The average molecular weight is 244 g/mol. The first kappa shape index (κ1) is 16.9. The Morgan fingerprint density at radius 1 is 0.588 bits per heavy atom. The van der Waals surface area contributed by atoms with Gasteiger partial charge < -0.3 is 10.2 Å². The summed E-state index contributed by atoms with van der Waals surface area (Å²) < 4.78 is 0. The van der Waals surface area contributed by atoms with Crippen LogP contribution in [-0.2, 0) is 0 Å². The molecule has 0 aromatic carbocycles. The average Bonchev–Trinajstić information content (AvgIpc) is 2.34. The van der Waals surface area contributed by atoms with Gasteiger partial charge in [-0.2, -0.15) is 0 Å². The van der Waals surface area contributed by atoms with Crippen LogP contribution in [0.5, 0.6) is 0 Å². The monoisotopic (exact) mass is 244 g/mol. The molecule has 2 atom stereocenters. The topological polar surface area (TPSA) is 40.5 Å². The maximum atomic E-state index is 9.78. The van der Waals surface area contributed by atoms with Gasteiger partial charge in [0.15, 0.2) is 0 Å². The molecular formula is C15H32O2. The van der Waals surface area contributed by atoms with Crippen LogP contribution in [0.4, 0.5) is 0 Å². The molecule has 0 spiro atoms. The maximum Gasteiger partial charge on any atom is 0.0799 e. The molecule has 0 saturated carbocycles. The fourth-order valence-electron chi connectivity index (χ4n) is 2.12. The van der Waals surface area contributed by atoms with Crippen molar-refractivity contribution < 1.29 is 10.2 Å². The van der Waals surface area contributed by atoms with Gasteiger partial charge >= 0.3 is 0 Å². The van der Waals surface area contributed by atoms with Crippen LogP contribution in [0.3, 0.4) is 0 Å². The number of unbranched alkanes of at least 4 members (excludes halogenated alkanes) is 7. The Morgan fingerprint density at radius 3 is 1.35 bits per heavy atom. The van der Waals surface area contributed by atoms with Crippen molar-refractivity contribution in [3.63, 3.8) is 0 Å². The second-order valence-electron chi connectivity index (χ2n) is 5.19. The summed E-state index contributed by atoms with van der Waals surface area (Å²) in [5, 5.41) is 19.6. The van der Waals surface area contributed by atoms with E-state index in [-0.39, 0.29) is 0 Å². The third-order valence-corrected chi connectivity index (χ3v) is 3.40. The zero-order valence-electron chi connectivity index (χ0n) is 11.8. The highest BCUT2D eigenvalue weighted by atomic mass is 16.3. The smallest absolute Gasteiger partial charge is 0.0799 e. The summed E-state index contributed by atoms with van der Waals surface area (Å²) in [5.74, 6) is 0. The highest BCUT2D eigenvalue weighted by Gasteiger charge is 2.14. The molecule has 0 radical (unpaired) electrons. The molecule has 2 nitrogen and oxygen atoms in total. The molecule has 0 fully saturated rings. The van der Waals surface area contributed by atoms with E-state index in [1.807, 2.05) is 0 Å². The normalized spacial score (nSPS) is 14.8. The summed E-state index contributed by atoms with van der Waals surface area (Å²) in [6.45, 7) is 4.39. The quantitative estimate of drug-likeness (QED) is 0.509. The van der Waals surface area contributed by atoms with Gasteiger partial charge in [-0.15, -0.1) is 0 Å². The van der Waals surface area contributed by atoms with Gasteiger partial charge in [-0.1, -0.05) is 71.6 Å². The van der Waals surface area contributed by atoms with Gasteiger partial charge in [-0.25, -0.2) is 0 Å². The van der Waals surface area contributed by atoms with E-state index in [2.05, 4.69) is 13.8 Å². The Bertz CT molecular complexity index is 148. The van der Waals surface area contributed by atoms with Crippen molar-refractivity contribution in [3.8, 4) is 0 Å². The molecular weight excluding hydrogens is 212 g/mol. The van der Waals surface area contributed by atoms with Crippen LogP contribution in [0.2, 0.25) is 0 Å². The molecule has 0 amide bonds. The fourth-order valence-corrected chi connectivity index (χ4v) is 2.12. The van der Waals surface area contributed by atoms with Crippen LogP contribution in [0, 0.1) is 0 Å². The third-order valence-electron chi connectivity index (χ3n) is 3.40. The fraction of sp³-hybridized carbons (Fsp3) is 1.00. The number of hydrogen-bond donors (Lipinski definition) is 2. The molecule has 2 unspecified atom stereocenters. The van der Waals surface area contributed by atoms with Crippen molar-refractivity contribution in [2.75, 3.05) is 0 Å². The highest BCUT2D eigenvalue weighted by molar-refractivity contribution is 4.67. The first-order valence-electron chi connectivity index (χ1n) is 7.58. The van der Waals surface area contributed by atoms with Crippen molar-refractivity contribution in [1.29, 1.82) is 0 Å². The largest absolute Gasteiger partial charge is 0.390 e. The molecule has 0 aliphatic rings. The van der Waals surface area contributed by atoms with E-state index >= 15 is 0 Å². The first-order chi connectivity index (χ1) is 8.22. The zero-order valence-corrected chi connectivity index (χ0v) is 11.8. The van der Waals surface area contributed by atoms with Crippen molar-refractivity contribution in [2.24, 2.45) is 0 Å². The number of rotatable bonds is 12. The van der Waals surface area contributed by atoms with Gasteiger partial charge in [0, 0.05) is 0 Å². The summed E-state index contributed by atoms with van der Waals surface area (Å²) in [7, 11) is 0. The minimum absolute atomic E-state index is 0.502. The standard InChI is InChI=1S/C15H32O2/c1-3-5-7-9-11-13-15(17)14(16)12-10-8-6-4-2/h14-17H,3-13H2,1-2H3. The predicted octanol–water partition coefficient (Wildman–Crippen LogP) is 4.04. The van der Waals surface area contributed by atoms with Crippen molar-refractivity contribution in [2.45, 2.75) is 96.7 Å². The van der Waals surface area contributed by atoms with Gasteiger partial charge in [0.25, 0.3) is 0 Å². The summed E-state index contributed by atoms with van der Waals surface area (Å²) in [6.07, 6.45) is 11.2. The Kier molecular flexibility index (Phi) is 12.3. The van der Waals surface area contributed by atoms with Crippen LogP contribution in [0.1, 0.15) is 84.5 Å². The molecule has 0 aromatic heterocycles. The molecule has 0 heterocycles. The summed E-state index contributed by atoms with van der Waals surface area (Å²) in [5.41, 5.74) is 0. The lowest BCUT2D eigenvalue weighted by Gasteiger charge is -2.17. The van der Waals surface area contributed by atoms with Crippen molar-refractivity contribution in [1.82, 2.24) is 0 Å². The number of hydrogen-bond acceptors (Lipinski definition) is 2. The summed E-state index contributed by atoms with van der Waals surface area (Å²) in [6, 6.07) is 0. The van der Waals surface area contributed by atoms with Gasteiger partial charge in [0.1, 0.15) is 0 Å². The second kappa shape index (κ2) is 12.4. The molecule has 0 aliphatic heterocycles.